The average Bonchev–Trinajstić information content (AvgIpc) is 2.50. The van der Waals surface area contributed by atoms with E-state index < -0.39 is 0 Å². The molecule has 0 fully saturated rings. The third-order valence-electron chi connectivity index (χ3n) is 2.06. The largest absolute Gasteiger partial charge is 0.0879 e. The van der Waals surface area contributed by atoms with Crippen molar-refractivity contribution in [2.75, 3.05) is 0 Å². The van der Waals surface area contributed by atoms with Gasteiger partial charge in [0.05, 0.1) is 0 Å². The Labute approximate surface area is 70.0 Å². The van der Waals surface area contributed by atoms with Crippen molar-refractivity contribution in [2.45, 2.75) is 39.0 Å². The lowest BCUT2D eigenvalue weighted by molar-refractivity contribution is 0.756. The molecule has 0 spiro atoms. The molecule has 0 heterocycles. The average molecular weight is 149 g/mol. The molecule has 0 saturated heterocycles. The van der Waals surface area contributed by atoms with Crippen LogP contribution in [0.2, 0.25) is 0 Å². The van der Waals surface area contributed by atoms with Crippen molar-refractivity contribution in [1.29, 1.82) is 0 Å². The molecule has 1 atom stereocenters. The molecule has 0 aliphatic heterocycles. The molecule has 0 saturated carbocycles. The van der Waals surface area contributed by atoms with E-state index in [0.717, 1.165) is 6.42 Å². The van der Waals surface area contributed by atoms with Crippen LogP contribution in [0.3, 0.4) is 0 Å². The Morgan fingerprint density at radius 2 is 2.55 bits per heavy atom. The molecule has 0 aromatic rings. The van der Waals surface area contributed by atoms with E-state index in [9.17, 15) is 0 Å². The van der Waals surface area contributed by atoms with Crippen molar-refractivity contribution in [1.82, 2.24) is 0 Å². The summed E-state index contributed by atoms with van der Waals surface area (Å²) in [6.45, 7) is 2.23. The van der Waals surface area contributed by atoms with Crippen molar-refractivity contribution in [3.8, 4) is 0 Å². The first kappa shape index (κ1) is 8.58. The lowest BCUT2D eigenvalue weighted by atomic mass is 10.1. The number of hydrogen-bond acceptors (Lipinski definition) is 0. The van der Waals surface area contributed by atoms with Gasteiger partial charge in [0.2, 0.25) is 0 Å². The van der Waals surface area contributed by atoms with Gasteiger partial charge in [-0.25, -0.2) is 0 Å². The predicted molar refractivity (Wildman–Crippen MR) is 49.2 cm³/mol. The van der Waals surface area contributed by atoms with Crippen LogP contribution < -0.4 is 0 Å². The van der Waals surface area contributed by atoms with Crippen LogP contribution in [-0.4, -0.2) is 0 Å². The molecule has 0 N–H and O–H groups in total. The minimum absolute atomic E-state index is 0.701. The predicted octanol–water partition coefficient (Wildman–Crippen LogP) is 3.50. The van der Waals surface area contributed by atoms with Gasteiger partial charge >= 0.3 is 0 Å². The minimum atomic E-state index is 0.701. The molecule has 0 nitrogen and oxygen atoms in total. The Morgan fingerprint density at radius 1 is 1.64 bits per heavy atom. The molecule has 11 heavy (non-hydrogen) atoms. The maximum absolute atomic E-state index is 3.24. The second-order valence-electron chi connectivity index (χ2n) is 3.14. The molecule has 1 rings (SSSR count). The van der Waals surface area contributed by atoms with E-state index in [-0.39, 0.29) is 0 Å². The Bertz CT molecular complexity index is 142. The summed E-state index contributed by atoms with van der Waals surface area (Å²) in [5.74, 6) is 0.701. The van der Waals surface area contributed by atoms with E-state index in [1.807, 2.05) is 0 Å². The number of rotatable bonds is 4. The fourth-order valence-corrected chi connectivity index (χ4v) is 1.31. The van der Waals surface area contributed by atoms with E-state index >= 15 is 0 Å². The molecule has 0 bridgehead atoms. The van der Waals surface area contributed by atoms with Crippen LogP contribution in [0.4, 0.5) is 0 Å². The fourth-order valence-electron chi connectivity index (χ4n) is 1.31. The van der Waals surface area contributed by atoms with Gasteiger partial charge in [-0.05, 0) is 31.3 Å². The zero-order chi connectivity index (χ0) is 7.94. The van der Waals surface area contributed by atoms with E-state index in [4.69, 9.17) is 0 Å². The van der Waals surface area contributed by atoms with Gasteiger partial charge in [-0.15, -0.1) is 0 Å². The number of allylic oxidation sites excluding steroid dienone is 4. The minimum Gasteiger partial charge on any atom is -0.0879 e. The molecule has 0 heteroatoms. The first-order valence-electron chi connectivity index (χ1n) is 4.67. The van der Waals surface area contributed by atoms with Crippen molar-refractivity contribution in [2.24, 2.45) is 5.92 Å². The highest BCUT2D eigenvalue weighted by Gasteiger charge is 2.03. The highest BCUT2D eigenvalue weighted by atomic mass is 14.1. The van der Waals surface area contributed by atoms with Gasteiger partial charge < -0.3 is 0 Å². The summed E-state index contributed by atoms with van der Waals surface area (Å²) in [4.78, 5) is 0. The fraction of sp³-hybridized carbons (Fsp3) is 0.636. The Kier molecular flexibility index (Phi) is 4.03. The van der Waals surface area contributed by atoms with Crippen LogP contribution in [0, 0.1) is 12.0 Å². The summed E-state index contributed by atoms with van der Waals surface area (Å²) in [5, 5.41) is 0. The van der Waals surface area contributed by atoms with E-state index in [2.05, 4.69) is 31.2 Å². The van der Waals surface area contributed by atoms with Crippen LogP contribution in [0.5, 0.6) is 0 Å². The molecule has 0 aromatic carbocycles. The van der Waals surface area contributed by atoms with Crippen LogP contribution >= 0.6 is 0 Å². The number of unbranched alkanes of at least 4 members (excludes halogenated alkanes) is 2. The van der Waals surface area contributed by atoms with Crippen LogP contribution in [-0.2, 0) is 0 Å². The van der Waals surface area contributed by atoms with Crippen LogP contribution in [0.25, 0.3) is 0 Å². The van der Waals surface area contributed by atoms with Gasteiger partial charge in [0.15, 0.2) is 0 Å². The first-order chi connectivity index (χ1) is 5.43. The van der Waals surface area contributed by atoms with E-state index in [0.29, 0.717) is 5.92 Å². The van der Waals surface area contributed by atoms with Gasteiger partial charge in [-0.1, -0.05) is 38.0 Å². The first-order valence-corrected chi connectivity index (χ1v) is 4.67. The summed E-state index contributed by atoms with van der Waals surface area (Å²) in [5.41, 5.74) is 0. The smallest absolute Gasteiger partial charge is 0.00444 e. The van der Waals surface area contributed by atoms with Gasteiger partial charge in [0, 0.05) is 0 Å². The van der Waals surface area contributed by atoms with Crippen LogP contribution in [0.1, 0.15) is 39.0 Å². The highest BCUT2D eigenvalue weighted by molar-refractivity contribution is 5.02. The van der Waals surface area contributed by atoms with Crippen molar-refractivity contribution in [3.63, 3.8) is 0 Å². The number of hydrogen-bond donors (Lipinski definition) is 0. The molecule has 1 unspecified atom stereocenters. The monoisotopic (exact) mass is 149 g/mol. The lowest BCUT2D eigenvalue weighted by Gasteiger charge is -1.97. The zero-order valence-electron chi connectivity index (χ0n) is 7.34. The summed E-state index contributed by atoms with van der Waals surface area (Å²) in [6, 6.07) is 0. The molecular weight excluding hydrogens is 132 g/mol. The highest BCUT2D eigenvalue weighted by Crippen LogP contribution is 2.17. The normalized spacial score (nSPS) is 23.5. The summed E-state index contributed by atoms with van der Waals surface area (Å²) in [7, 11) is 0. The SMILES string of the molecule is CCCCC=CC1C=[C]CC1. The zero-order valence-corrected chi connectivity index (χ0v) is 7.34. The summed E-state index contributed by atoms with van der Waals surface area (Å²) in [6.07, 6.45) is 16.4. The van der Waals surface area contributed by atoms with Gasteiger partial charge in [-0.3, -0.25) is 0 Å². The molecule has 1 aliphatic carbocycles. The molecule has 1 aliphatic rings. The second kappa shape index (κ2) is 5.17. The standard InChI is InChI=1S/C11H17/c1-2-3-4-5-8-11-9-6-7-10-11/h5,8,10-11H,2-4,6,9H2,1H3. The Morgan fingerprint density at radius 3 is 3.18 bits per heavy atom. The molecule has 1 radical (unpaired) electrons. The molecular formula is C11H17. The Hall–Kier alpha value is -0.520. The van der Waals surface area contributed by atoms with Crippen molar-refractivity contribution < 1.29 is 0 Å². The maximum Gasteiger partial charge on any atom is -0.00444 e. The van der Waals surface area contributed by atoms with Gasteiger partial charge in [0.25, 0.3) is 0 Å². The topological polar surface area (TPSA) is 0 Å². The van der Waals surface area contributed by atoms with Gasteiger partial charge in [-0.2, -0.15) is 0 Å². The van der Waals surface area contributed by atoms with Crippen molar-refractivity contribution in [3.05, 3.63) is 24.3 Å². The molecule has 61 valence electrons. The third-order valence-corrected chi connectivity index (χ3v) is 2.06. The van der Waals surface area contributed by atoms with Gasteiger partial charge in [0.1, 0.15) is 0 Å². The Balaban J connectivity index is 2.08. The lowest BCUT2D eigenvalue weighted by Crippen LogP contribution is -1.83. The molecule has 0 aromatic heterocycles. The second-order valence-corrected chi connectivity index (χ2v) is 3.14. The van der Waals surface area contributed by atoms with E-state index in [1.165, 1.54) is 25.7 Å². The van der Waals surface area contributed by atoms with Crippen LogP contribution in [0.15, 0.2) is 18.2 Å². The quantitative estimate of drug-likeness (QED) is 0.424. The summed E-state index contributed by atoms with van der Waals surface area (Å²) >= 11 is 0. The summed E-state index contributed by atoms with van der Waals surface area (Å²) < 4.78 is 0. The van der Waals surface area contributed by atoms with Crippen molar-refractivity contribution >= 4 is 0 Å². The third kappa shape index (κ3) is 3.41. The van der Waals surface area contributed by atoms with E-state index in [1.54, 1.807) is 0 Å². The molecule has 0 amide bonds. The maximum atomic E-state index is 3.24.